The van der Waals surface area contributed by atoms with Gasteiger partial charge in [0.25, 0.3) is 5.91 Å². The monoisotopic (exact) mass is 321 g/mol. The highest BCUT2D eigenvalue weighted by Crippen LogP contribution is 2.20. The predicted octanol–water partition coefficient (Wildman–Crippen LogP) is 2.03. The molecule has 17 heavy (non-hydrogen) atoms. The number of rotatable bonds is 6. The van der Waals surface area contributed by atoms with Gasteiger partial charge in [-0.15, -0.1) is 11.3 Å². The zero-order chi connectivity index (χ0) is 12.9. The molecule has 1 heterocycles. The molecule has 0 aliphatic carbocycles. The average molecular weight is 322 g/mol. The molecule has 0 aromatic carbocycles. The summed E-state index contributed by atoms with van der Waals surface area (Å²) in [5.41, 5.74) is -0.344. The van der Waals surface area contributed by atoms with Crippen LogP contribution in [0.25, 0.3) is 0 Å². The summed E-state index contributed by atoms with van der Waals surface area (Å²) in [5, 5.41) is 14.4. The highest BCUT2D eigenvalue weighted by Gasteiger charge is 2.21. The maximum absolute atomic E-state index is 11.7. The van der Waals surface area contributed by atoms with E-state index in [1.807, 2.05) is 0 Å². The summed E-state index contributed by atoms with van der Waals surface area (Å²) >= 11 is 4.75. The minimum atomic E-state index is -0.946. The number of carbonyl (C=O) groups excluding carboxylic acids is 1. The lowest BCUT2D eigenvalue weighted by Gasteiger charge is -2.23. The van der Waals surface area contributed by atoms with Crippen molar-refractivity contribution < 1.29 is 14.6 Å². The largest absolute Gasteiger partial charge is 0.388 e. The molecule has 1 rings (SSSR count). The van der Waals surface area contributed by atoms with E-state index in [9.17, 15) is 9.90 Å². The first-order valence-electron chi connectivity index (χ1n) is 5.18. The quantitative estimate of drug-likeness (QED) is 0.842. The maximum atomic E-state index is 11.7. The average Bonchev–Trinajstić information content (AvgIpc) is 2.70. The second kappa shape index (κ2) is 6.49. The van der Waals surface area contributed by atoms with Crippen molar-refractivity contribution in [2.45, 2.75) is 18.9 Å². The Bertz CT molecular complexity index is 379. The van der Waals surface area contributed by atoms with Gasteiger partial charge in [0.05, 0.1) is 15.0 Å². The van der Waals surface area contributed by atoms with E-state index in [-0.39, 0.29) is 12.5 Å². The van der Waals surface area contributed by atoms with E-state index in [4.69, 9.17) is 4.74 Å². The topological polar surface area (TPSA) is 58.6 Å². The number of amides is 1. The minimum absolute atomic E-state index is 0.176. The van der Waals surface area contributed by atoms with Gasteiger partial charge in [-0.05, 0) is 28.9 Å². The van der Waals surface area contributed by atoms with Crippen molar-refractivity contribution in [1.29, 1.82) is 0 Å². The van der Waals surface area contributed by atoms with Gasteiger partial charge >= 0.3 is 0 Å². The van der Waals surface area contributed by atoms with Gasteiger partial charge in [-0.25, -0.2) is 0 Å². The summed E-state index contributed by atoms with van der Waals surface area (Å²) in [7, 11) is 1.58. The molecule has 0 aliphatic heterocycles. The fraction of sp³-hybridized carbons (Fsp3) is 0.545. The van der Waals surface area contributed by atoms with Gasteiger partial charge in [-0.2, -0.15) is 0 Å². The van der Waals surface area contributed by atoms with Crippen LogP contribution < -0.4 is 5.32 Å². The molecule has 1 aromatic rings. The molecule has 6 heteroatoms. The van der Waals surface area contributed by atoms with Crippen LogP contribution in [0.15, 0.2) is 15.2 Å². The number of aliphatic hydroxyl groups is 1. The minimum Gasteiger partial charge on any atom is -0.388 e. The third-order valence-corrected chi connectivity index (χ3v) is 3.81. The van der Waals surface area contributed by atoms with Crippen molar-refractivity contribution in [3.05, 3.63) is 20.8 Å². The molecular formula is C11H16BrNO3S. The van der Waals surface area contributed by atoms with Crippen molar-refractivity contribution in [2.75, 3.05) is 20.3 Å². The Kier molecular flexibility index (Phi) is 5.58. The van der Waals surface area contributed by atoms with Gasteiger partial charge in [0.1, 0.15) is 0 Å². The molecule has 0 bridgehead atoms. The zero-order valence-corrected chi connectivity index (χ0v) is 12.2. The first kappa shape index (κ1) is 14.6. The Morgan fingerprint density at radius 2 is 2.41 bits per heavy atom. The summed E-state index contributed by atoms with van der Waals surface area (Å²) in [5.74, 6) is -0.176. The van der Waals surface area contributed by atoms with Crippen molar-refractivity contribution >= 4 is 33.2 Å². The molecule has 0 saturated carbocycles. The van der Waals surface area contributed by atoms with E-state index >= 15 is 0 Å². The summed E-state index contributed by atoms with van der Waals surface area (Å²) < 4.78 is 5.81. The van der Waals surface area contributed by atoms with E-state index in [1.165, 1.54) is 11.3 Å². The molecule has 0 radical (unpaired) electrons. The number of thiophene rings is 1. The van der Waals surface area contributed by atoms with Crippen LogP contribution in [-0.2, 0) is 4.74 Å². The van der Waals surface area contributed by atoms with Crippen LogP contribution in [-0.4, -0.2) is 36.9 Å². The van der Waals surface area contributed by atoms with Crippen molar-refractivity contribution in [3.8, 4) is 0 Å². The second-order valence-electron chi connectivity index (χ2n) is 4.06. The van der Waals surface area contributed by atoms with E-state index < -0.39 is 5.60 Å². The first-order valence-corrected chi connectivity index (χ1v) is 6.85. The fourth-order valence-electron chi connectivity index (χ4n) is 1.21. The van der Waals surface area contributed by atoms with Crippen LogP contribution in [0.2, 0.25) is 0 Å². The summed E-state index contributed by atoms with van der Waals surface area (Å²) in [4.78, 5) is 11.7. The number of halogens is 1. The lowest BCUT2D eigenvalue weighted by molar-refractivity contribution is 0.0244. The van der Waals surface area contributed by atoms with Gasteiger partial charge in [-0.3, -0.25) is 4.79 Å². The molecule has 4 nitrogen and oxygen atoms in total. The molecule has 96 valence electrons. The van der Waals surface area contributed by atoms with Crippen LogP contribution in [0.3, 0.4) is 0 Å². The standard InChI is InChI=1S/C11H16BrNO3S/c1-11(15,3-4-16-2)7-13-10(14)8-5-9(12)17-6-8/h5-6,15H,3-4,7H2,1-2H3,(H,13,14). The Balaban J connectivity index is 2.42. The Morgan fingerprint density at radius 3 is 2.94 bits per heavy atom. The number of ether oxygens (including phenoxy) is 1. The van der Waals surface area contributed by atoms with Gasteiger partial charge in [-0.1, -0.05) is 0 Å². The third kappa shape index (κ3) is 5.16. The summed E-state index contributed by atoms with van der Waals surface area (Å²) in [6, 6.07) is 1.75. The Labute approximate surface area is 113 Å². The number of hydrogen-bond donors (Lipinski definition) is 2. The van der Waals surface area contributed by atoms with Crippen molar-refractivity contribution in [3.63, 3.8) is 0 Å². The number of methoxy groups -OCH3 is 1. The van der Waals surface area contributed by atoms with Crippen LogP contribution >= 0.6 is 27.3 Å². The van der Waals surface area contributed by atoms with E-state index in [0.717, 1.165) is 3.79 Å². The van der Waals surface area contributed by atoms with E-state index in [0.29, 0.717) is 18.6 Å². The molecule has 0 aliphatic rings. The zero-order valence-electron chi connectivity index (χ0n) is 9.83. The number of nitrogens with one attached hydrogen (secondary N) is 1. The third-order valence-electron chi connectivity index (χ3n) is 2.30. The van der Waals surface area contributed by atoms with Gasteiger partial charge < -0.3 is 15.2 Å². The van der Waals surface area contributed by atoms with Gasteiger partial charge in [0.15, 0.2) is 0 Å². The molecule has 1 amide bonds. The lowest BCUT2D eigenvalue weighted by Crippen LogP contribution is -2.41. The van der Waals surface area contributed by atoms with Crippen molar-refractivity contribution in [1.82, 2.24) is 5.32 Å². The second-order valence-corrected chi connectivity index (χ2v) is 6.35. The summed E-state index contributed by atoms with van der Waals surface area (Å²) in [6.07, 6.45) is 0.483. The van der Waals surface area contributed by atoms with Crippen LogP contribution in [0.5, 0.6) is 0 Å². The molecule has 1 aromatic heterocycles. The normalized spacial score (nSPS) is 14.4. The number of hydrogen-bond acceptors (Lipinski definition) is 4. The molecule has 0 fully saturated rings. The van der Waals surface area contributed by atoms with Crippen molar-refractivity contribution in [2.24, 2.45) is 0 Å². The lowest BCUT2D eigenvalue weighted by atomic mass is 10.0. The number of carbonyl (C=O) groups is 1. The van der Waals surface area contributed by atoms with Crippen LogP contribution in [0.4, 0.5) is 0 Å². The molecule has 1 unspecified atom stereocenters. The fourth-order valence-corrected chi connectivity index (χ4v) is 2.35. The first-order chi connectivity index (χ1) is 7.94. The molecule has 0 saturated heterocycles. The molecule has 2 N–H and O–H groups in total. The highest BCUT2D eigenvalue weighted by atomic mass is 79.9. The van der Waals surface area contributed by atoms with Gasteiger partial charge in [0.2, 0.25) is 0 Å². The highest BCUT2D eigenvalue weighted by molar-refractivity contribution is 9.11. The summed E-state index contributed by atoms with van der Waals surface area (Å²) in [6.45, 7) is 2.35. The molecular weight excluding hydrogens is 306 g/mol. The Morgan fingerprint density at radius 1 is 1.71 bits per heavy atom. The predicted molar refractivity (Wildman–Crippen MR) is 71.5 cm³/mol. The van der Waals surface area contributed by atoms with E-state index in [2.05, 4.69) is 21.2 Å². The van der Waals surface area contributed by atoms with Crippen LogP contribution in [0.1, 0.15) is 23.7 Å². The van der Waals surface area contributed by atoms with E-state index in [1.54, 1.807) is 25.5 Å². The van der Waals surface area contributed by atoms with Gasteiger partial charge in [0, 0.05) is 32.1 Å². The molecule has 1 atom stereocenters. The Hall–Kier alpha value is -0.430. The smallest absolute Gasteiger partial charge is 0.252 e. The molecule has 0 spiro atoms. The SMILES string of the molecule is COCCC(C)(O)CNC(=O)c1csc(Br)c1. The van der Waals surface area contributed by atoms with Crippen LogP contribution in [0, 0.1) is 0 Å². The maximum Gasteiger partial charge on any atom is 0.252 e.